The predicted molar refractivity (Wildman–Crippen MR) is 114 cm³/mol. The van der Waals surface area contributed by atoms with Gasteiger partial charge >= 0.3 is 0 Å². The van der Waals surface area contributed by atoms with Crippen LogP contribution in [0.4, 0.5) is 5.69 Å². The van der Waals surface area contributed by atoms with Gasteiger partial charge in [-0.25, -0.2) is 8.42 Å². The smallest absolute Gasteiger partial charge is 0.253 e. The lowest BCUT2D eigenvalue weighted by Crippen LogP contribution is -2.37. The van der Waals surface area contributed by atoms with Crippen LogP contribution in [0.15, 0.2) is 70.3 Å². The quantitative estimate of drug-likeness (QED) is 0.604. The number of carbonyl (C=O) groups excluding carboxylic acids is 1. The van der Waals surface area contributed by atoms with Crippen LogP contribution in [0, 0.1) is 0 Å². The first-order chi connectivity index (χ1) is 14.5. The molecule has 4 rings (SSSR count). The molecule has 0 atom stereocenters. The number of hydrogen-bond acceptors (Lipinski definition) is 6. The van der Waals surface area contributed by atoms with Crippen LogP contribution in [0.2, 0.25) is 0 Å². The number of rotatable bonds is 7. The van der Waals surface area contributed by atoms with Gasteiger partial charge in [0.25, 0.3) is 10.0 Å². The van der Waals surface area contributed by atoms with Crippen LogP contribution in [-0.2, 0) is 21.4 Å². The van der Waals surface area contributed by atoms with Crippen LogP contribution in [0.5, 0.6) is 11.5 Å². The topological polar surface area (TPSA) is 84.9 Å². The third kappa shape index (κ3) is 4.64. The molecule has 3 aromatic rings. The average molecular weight is 445 g/mol. The number of ether oxygens (including phenoxy) is 2. The van der Waals surface area contributed by atoms with Crippen molar-refractivity contribution < 1.29 is 22.7 Å². The van der Waals surface area contributed by atoms with Crippen molar-refractivity contribution in [1.82, 2.24) is 4.31 Å². The minimum atomic E-state index is -3.81. The summed E-state index contributed by atoms with van der Waals surface area (Å²) in [5, 5.41) is 4.45. The van der Waals surface area contributed by atoms with E-state index in [4.69, 9.17) is 9.47 Å². The van der Waals surface area contributed by atoms with Gasteiger partial charge in [-0.3, -0.25) is 4.79 Å². The Morgan fingerprint density at radius 2 is 1.77 bits per heavy atom. The predicted octanol–water partition coefficient (Wildman–Crippen LogP) is 3.35. The van der Waals surface area contributed by atoms with Gasteiger partial charge in [0.05, 0.1) is 6.54 Å². The summed E-state index contributed by atoms with van der Waals surface area (Å²) in [4.78, 5) is 12.7. The van der Waals surface area contributed by atoms with E-state index < -0.39 is 15.9 Å². The fourth-order valence-corrected chi connectivity index (χ4v) is 5.56. The second-order valence-electron chi connectivity index (χ2n) is 6.60. The van der Waals surface area contributed by atoms with Gasteiger partial charge in [0.1, 0.15) is 17.4 Å². The first-order valence-corrected chi connectivity index (χ1v) is 11.6. The number of benzene rings is 2. The van der Waals surface area contributed by atoms with Crippen LogP contribution in [0.1, 0.15) is 5.56 Å². The summed E-state index contributed by atoms with van der Waals surface area (Å²) in [6.45, 7) is 0.696. The molecule has 0 spiro atoms. The van der Waals surface area contributed by atoms with Gasteiger partial charge in [-0.05, 0) is 29.1 Å². The van der Waals surface area contributed by atoms with Crippen molar-refractivity contribution in [3.63, 3.8) is 0 Å². The lowest BCUT2D eigenvalue weighted by atomic mass is 10.2. The molecule has 0 bridgehead atoms. The number of nitrogens with zero attached hydrogens (tertiary/aromatic N) is 1. The van der Waals surface area contributed by atoms with E-state index in [2.05, 4.69) is 5.32 Å². The molecule has 1 aliphatic rings. The molecule has 2 heterocycles. The van der Waals surface area contributed by atoms with E-state index >= 15 is 0 Å². The zero-order chi connectivity index (χ0) is 21.0. The Morgan fingerprint density at radius 1 is 1.00 bits per heavy atom. The van der Waals surface area contributed by atoms with Crippen LogP contribution in [0.25, 0.3) is 0 Å². The minimum absolute atomic E-state index is 0.0929. The second kappa shape index (κ2) is 8.86. The molecular weight excluding hydrogens is 424 g/mol. The van der Waals surface area contributed by atoms with Crippen molar-refractivity contribution in [3.8, 4) is 11.5 Å². The molecule has 156 valence electrons. The van der Waals surface area contributed by atoms with Gasteiger partial charge in [-0.15, -0.1) is 11.3 Å². The molecule has 0 saturated carbocycles. The molecule has 0 aliphatic carbocycles. The monoisotopic (exact) mass is 444 g/mol. The number of sulfonamides is 1. The molecule has 0 radical (unpaired) electrons. The maximum absolute atomic E-state index is 13.1. The highest BCUT2D eigenvalue weighted by Gasteiger charge is 2.28. The van der Waals surface area contributed by atoms with E-state index in [1.54, 1.807) is 29.6 Å². The largest absolute Gasteiger partial charge is 0.486 e. The Kier molecular flexibility index (Phi) is 6.03. The number of amides is 1. The van der Waals surface area contributed by atoms with Crippen molar-refractivity contribution in [1.29, 1.82) is 0 Å². The lowest BCUT2D eigenvalue weighted by molar-refractivity contribution is -0.116. The molecule has 1 N–H and O–H groups in total. The van der Waals surface area contributed by atoms with E-state index in [1.165, 1.54) is 10.4 Å². The van der Waals surface area contributed by atoms with Crippen LogP contribution in [-0.4, -0.2) is 38.4 Å². The third-order valence-electron chi connectivity index (χ3n) is 4.44. The molecule has 0 saturated heterocycles. The van der Waals surface area contributed by atoms with E-state index in [-0.39, 0.29) is 17.3 Å². The SMILES string of the molecule is O=C(CN(Cc1ccccc1)S(=O)(=O)c1cccs1)Nc1ccc2c(c1)OCCO2. The Balaban J connectivity index is 1.53. The molecule has 2 aromatic carbocycles. The summed E-state index contributed by atoms with van der Waals surface area (Å²) in [5.41, 5.74) is 1.31. The summed E-state index contributed by atoms with van der Waals surface area (Å²) in [5.74, 6) is 0.722. The summed E-state index contributed by atoms with van der Waals surface area (Å²) in [6.07, 6.45) is 0. The second-order valence-corrected chi connectivity index (χ2v) is 9.71. The van der Waals surface area contributed by atoms with Crippen LogP contribution in [0.3, 0.4) is 0 Å². The van der Waals surface area contributed by atoms with Gasteiger partial charge < -0.3 is 14.8 Å². The molecule has 9 heteroatoms. The maximum Gasteiger partial charge on any atom is 0.253 e. The van der Waals surface area contributed by atoms with Crippen molar-refractivity contribution in [3.05, 3.63) is 71.6 Å². The van der Waals surface area contributed by atoms with Crippen LogP contribution >= 0.6 is 11.3 Å². The van der Waals surface area contributed by atoms with Crippen molar-refractivity contribution in [2.24, 2.45) is 0 Å². The number of anilines is 1. The van der Waals surface area contributed by atoms with E-state index in [9.17, 15) is 13.2 Å². The number of hydrogen-bond donors (Lipinski definition) is 1. The molecule has 30 heavy (non-hydrogen) atoms. The zero-order valence-electron chi connectivity index (χ0n) is 16.0. The summed E-state index contributed by atoms with van der Waals surface area (Å²) in [7, 11) is -3.81. The average Bonchev–Trinajstić information content (AvgIpc) is 3.30. The standard InChI is InChI=1S/C21H20N2O5S2/c24-20(22-17-8-9-18-19(13-17)28-11-10-27-18)15-23(14-16-5-2-1-3-6-16)30(25,26)21-7-4-12-29-21/h1-9,12-13H,10-11,14-15H2,(H,22,24). The van der Waals surface area contributed by atoms with Crippen LogP contribution < -0.4 is 14.8 Å². The molecule has 7 nitrogen and oxygen atoms in total. The van der Waals surface area contributed by atoms with E-state index in [1.807, 2.05) is 30.3 Å². The first-order valence-electron chi connectivity index (χ1n) is 9.29. The normalized spacial score (nSPS) is 13.2. The summed E-state index contributed by atoms with van der Waals surface area (Å²) >= 11 is 1.12. The Hall–Kier alpha value is -2.88. The molecule has 1 aliphatic heterocycles. The van der Waals surface area contributed by atoms with Gasteiger partial charge in [0.2, 0.25) is 5.91 Å². The Labute approximate surface area is 178 Å². The molecule has 1 amide bonds. The number of nitrogens with one attached hydrogen (secondary N) is 1. The van der Waals surface area contributed by atoms with Crippen molar-refractivity contribution in [2.75, 3.05) is 25.1 Å². The van der Waals surface area contributed by atoms with Gasteiger partial charge in [0, 0.05) is 18.3 Å². The van der Waals surface area contributed by atoms with E-state index in [0.29, 0.717) is 30.4 Å². The highest BCUT2D eigenvalue weighted by Crippen LogP contribution is 2.32. The van der Waals surface area contributed by atoms with Gasteiger partial charge in [-0.1, -0.05) is 36.4 Å². The number of fused-ring (bicyclic) bond motifs is 1. The molecule has 1 aromatic heterocycles. The Morgan fingerprint density at radius 3 is 2.50 bits per heavy atom. The molecular formula is C21H20N2O5S2. The summed E-state index contributed by atoms with van der Waals surface area (Å²) in [6, 6.07) is 17.5. The minimum Gasteiger partial charge on any atom is -0.486 e. The van der Waals surface area contributed by atoms with E-state index in [0.717, 1.165) is 16.9 Å². The number of carbonyl (C=O) groups is 1. The zero-order valence-corrected chi connectivity index (χ0v) is 17.6. The third-order valence-corrected chi connectivity index (χ3v) is 7.60. The fraction of sp³-hybridized carbons (Fsp3) is 0.190. The highest BCUT2D eigenvalue weighted by atomic mass is 32.2. The number of thiophene rings is 1. The maximum atomic E-state index is 13.1. The fourth-order valence-electron chi connectivity index (χ4n) is 3.03. The molecule has 0 fully saturated rings. The first kappa shape index (κ1) is 20.4. The molecule has 0 unspecified atom stereocenters. The van der Waals surface area contributed by atoms with Gasteiger partial charge in [-0.2, -0.15) is 4.31 Å². The summed E-state index contributed by atoms with van der Waals surface area (Å²) < 4.78 is 38.6. The van der Waals surface area contributed by atoms with Crippen molar-refractivity contribution in [2.45, 2.75) is 10.8 Å². The van der Waals surface area contributed by atoms with Crippen molar-refractivity contribution >= 4 is 33.0 Å². The van der Waals surface area contributed by atoms with Gasteiger partial charge in [0.15, 0.2) is 11.5 Å². The highest BCUT2D eigenvalue weighted by molar-refractivity contribution is 7.91. The lowest BCUT2D eigenvalue weighted by Gasteiger charge is -2.22. The Bertz CT molecular complexity index is 1120.